The largest absolute Gasteiger partial charge is 0.618 e. The molecule has 11 heteroatoms. The number of primary amides is 1. The van der Waals surface area contributed by atoms with E-state index in [4.69, 9.17) is 5.73 Å². The van der Waals surface area contributed by atoms with Crippen LogP contribution in [-0.2, 0) is 24.4 Å². The lowest BCUT2D eigenvalue weighted by Gasteiger charge is -2.25. The molecule has 0 saturated carbocycles. The van der Waals surface area contributed by atoms with Crippen molar-refractivity contribution in [3.8, 4) is 0 Å². The lowest BCUT2D eigenvalue weighted by Crippen LogP contribution is -2.45. The quantitative estimate of drug-likeness (QED) is 0.465. The van der Waals surface area contributed by atoms with Gasteiger partial charge in [0.15, 0.2) is 12.0 Å². The van der Waals surface area contributed by atoms with E-state index < -0.39 is 38.5 Å². The van der Waals surface area contributed by atoms with Crippen LogP contribution >= 0.6 is 0 Å². The molecule has 3 rings (SSSR count). The maximum atomic E-state index is 13.0. The van der Waals surface area contributed by atoms with Gasteiger partial charge in [-0.15, -0.1) is 0 Å². The number of ketones is 1. The zero-order valence-electron chi connectivity index (χ0n) is 16.3. The molecule has 0 aliphatic carbocycles. The van der Waals surface area contributed by atoms with Crippen LogP contribution in [0.2, 0.25) is 0 Å². The normalized spacial score (nSPS) is 22.7. The predicted molar refractivity (Wildman–Crippen MR) is 100 cm³/mol. The van der Waals surface area contributed by atoms with Crippen molar-refractivity contribution in [3.05, 3.63) is 29.6 Å². The molecule has 158 valence electrons. The second-order valence-electron chi connectivity index (χ2n) is 8.02. The highest BCUT2D eigenvalue weighted by atomic mass is 32.2. The number of hydrogen-bond donors (Lipinski definition) is 1. The molecule has 2 amide bonds. The minimum atomic E-state index is -4.19. The van der Waals surface area contributed by atoms with Crippen LogP contribution in [0, 0.1) is 10.6 Å². The number of sulfonamides is 1. The van der Waals surface area contributed by atoms with Crippen molar-refractivity contribution in [3.63, 3.8) is 0 Å². The molecule has 2 fully saturated rings. The Morgan fingerprint density at radius 2 is 2.03 bits per heavy atom. The summed E-state index contributed by atoms with van der Waals surface area (Å²) in [6, 6.07) is 2.44. The maximum Gasteiger partial charge on any atom is 0.323 e. The standard InChI is InChI=1S/C18H24N4O6S/c1-18(2,17(19)25)8-6-14(24)20-10-7-12-16(20)13(23)11-22(12)29(27,28)15-5-3-4-9-21(15)26/h3-5,9,12,16H,6-8,10-11H2,1-2H3,(H2,19,25). The van der Waals surface area contributed by atoms with Crippen molar-refractivity contribution in [2.24, 2.45) is 11.1 Å². The van der Waals surface area contributed by atoms with Gasteiger partial charge >= 0.3 is 15.0 Å². The summed E-state index contributed by atoms with van der Waals surface area (Å²) in [4.78, 5) is 38.1. The van der Waals surface area contributed by atoms with E-state index in [1.165, 1.54) is 23.1 Å². The molecule has 2 aliphatic rings. The molecule has 0 radical (unpaired) electrons. The molecule has 1 aromatic heterocycles. The summed E-state index contributed by atoms with van der Waals surface area (Å²) in [7, 11) is -4.19. The van der Waals surface area contributed by atoms with Crippen LogP contribution in [0.5, 0.6) is 0 Å². The van der Waals surface area contributed by atoms with Gasteiger partial charge in [-0.25, -0.2) is 8.42 Å². The summed E-state index contributed by atoms with van der Waals surface area (Å²) in [5.41, 5.74) is 4.47. The number of nitrogens with zero attached hydrogens (tertiary/aromatic N) is 3. The van der Waals surface area contributed by atoms with E-state index in [2.05, 4.69) is 0 Å². The highest BCUT2D eigenvalue weighted by molar-refractivity contribution is 7.89. The van der Waals surface area contributed by atoms with Gasteiger partial charge < -0.3 is 15.8 Å². The maximum absolute atomic E-state index is 13.0. The van der Waals surface area contributed by atoms with E-state index in [1.54, 1.807) is 13.8 Å². The highest BCUT2D eigenvalue weighted by Gasteiger charge is 2.54. The molecule has 29 heavy (non-hydrogen) atoms. The Morgan fingerprint density at radius 1 is 1.34 bits per heavy atom. The molecule has 0 spiro atoms. The number of amides is 2. The first-order chi connectivity index (χ1) is 13.5. The third kappa shape index (κ3) is 3.71. The van der Waals surface area contributed by atoms with E-state index in [9.17, 15) is 28.0 Å². The van der Waals surface area contributed by atoms with Gasteiger partial charge in [-0.05, 0) is 18.9 Å². The van der Waals surface area contributed by atoms with Gasteiger partial charge in [-0.1, -0.05) is 13.8 Å². The van der Waals surface area contributed by atoms with Crippen molar-refractivity contribution in [1.29, 1.82) is 0 Å². The monoisotopic (exact) mass is 424 g/mol. The summed E-state index contributed by atoms with van der Waals surface area (Å²) >= 11 is 0. The Bertz CT molecular complexity index is 961. The van der Waals surface area contributed by atoms with Crippen molar-refractivity contribution < 1.29 is 27.5 Å². The number of rotatable bonds is 6. The molecule has 2 N–H and O–H groups in total. The number of carbonyl (C=O) groups excluding carboxylic acids is 3. The molecule has 2 atom stereocenters. The second-order valence-corrected chi connectivity index (χ2v) is 9.85. The number of carbonyl (C=O) groups is 3. The van der Waals surface area contributed by atoms with Gasteiger partial charge in [0.2, 0.25) is 11.8 Å². The predicted octanol–water partition coefficient (Wildman–Crippen LogP) is -0.845. The molecule has 2 unspecified atom stereocenters. The number of likely N-dealkylation sites (tertiary alicyclic amines) is 1. The fourth-order valence-corrected chi connectivity index (χ4v) is 5.45. The van der Waals surface area contributed by atoms with Gasteiger partial charge in [0, 0.05) is 30.5 Å². The average molecular weight is 424 g/mol. The number of fused-ring (bicyclic) bond motifs is 1. The third-order valence-electron chi connectivity index (χ3n) is 5.69. The van der Waals surface area contributed by atoms with Crippen LogP contribution in [0.25, 0.3) is 0 Å². The van der Waals surface area contributed by atoms with Gasteiger partial charge in [0.1, 0.15) is 6.04 Å². The first-order valence-electron chi connectivity index (χ1n) is 9.29. The summed E-state index contributed by atoms with van der Waals surface area (Å²) in [6.45, 7) is 3.13. The molecule has 0 bridgehead atoms. The average Bonchev–Trinajstić information content (AvgIpc) is 3.21. The molecular formula is C18H24N4O6S. The Morgan fingerprint density at radius 3 is 2.66 bits per heavy atom. The number of aromatic nitrogens is 1. The van der Waals surface area contributed by atoms with Crippen molar-refractivity contribution in [1.82, 2.24) is 9.21 Å². The van der Waals surface area contributed by atoms with E-state index in [-0.39, 0.29) is 42.4 Å². The van der Waals surface area contributed by atoms with Crippen LogP contribution in [0.15, 0.2) is 29.4 Å². The van der Waals surface area contributed by atoms with Crippen LogP contribution < -0.4 is 10.5 Å². The lowest BCUT2D eigenvalue weighted by molar-refractivity contribution is -0.646. The third-order valence-corrected chi connectivity index (χ3v) is 7.55. The number of nitrogens with two attached hydrogens (primary N) is 1. The smallest absolute Gasteiger partial charge is 0.323 e. The topological polar surface area (TPSA) is 145 Å². The number of hydrogen-bond acceptors (Lipinski definition) is 6. The zero-order valence-corrected chi connectivity index (χ0v) is 17.1. The molecular weight excluding hydrogens is 400 g/mol. The SMILES string of the molecule is CC(C)(CCC(=O)N1CCC2C1C(=O)CN2S(=O)(=O)c1cccc[n+]1[O-])C(N)=O. The minimum absolute atomic E-state index is 0.0262. The molecule has 3 heterocycles. The molecule has 1 aromatic rings. The van der Waals surface area contributed by atoms with E-state index >= 15 is 0 Å². The summed E-state index contributed by atoms with van der Waals surface area (Å²) in [5.74, 6) is -1.22. The minimum Gasteiger partial charge on any atom is -0.618 e. The van der Waals surface area contributed by atoms with Crippen LogP contribution in [0.3, 0.4) is 0 Å². The molecule has 10 nitrogen and oxygen atoms in total. The Kier molecular flexibility index (Phi) is 5.39. The fourth-order valence-electron chi connectivity index (χ4n) is 3.79. The van der Waals surface area contributed by atoms with E-state index in [1.807, 2.05) is 0 Å². The molecule has 2 aliphatic heterocycles. The van der Waals surface area contributed by atoms with Crippen LogP contribution in [0.4, 0.5) is 0 Å². The zero-order chi connectivity index (χ0) is 21.6. The van der Waals surface area contributed by atoms with E-state index in [0.29, 0.717) is 6.42 Å². The Balaban J connectivity index is 1.78. The lowest BCUT2D eigenvalue weighted by atomic mass is 9.87. The highest BCUT2D eigenvalue weighted by Crippen LogP contribution is 2.34. The van der Waals surface area contributed by atoms with Gasteiger partial charge in [-0.2, -0.15) is 9.04 Å². The first-order valence-corrected chi connectivity index (χ1v) is 10.7. The van der Waals surface area contributed by atoms with Crippen molar-refractivity contribution in [2.75, 3.05) is 13.1 Å². The number of pyridine rings is 1. The van der Waals surface area contributed by atoms with Gasteiger partial charge in [0.25, 0.3) is 0 Å². The van der Waals surface area contributed by atoms with Crippen molar-refractivity contribution in [2.45, 2.75) is 50.2 Å². The summed E-state index contributed by atoms with van der Waals surface area (Å²) < 4.78 is 27.2. The van der Waals surface area contributed by atoms with Crippen LogP contribution in [-0.4, -0.2) is 60.4 Å². The fraction of sp³-hybridized carbons (Fsp3) is 0.556. The summed E-state index contributed by atoms with van der Waals surface area (Å²) in [6.07, 6.45) is 1.63. The van der Waals surface area contributed by atoms with E-state index in [0.717, 1.165) is 10.5 Å². The first kappa shape index (κ1) is 21.2. The van der Waals surface area contributed by atoms with Crippen LogP contribution in [0.1, 0.15) is 33.1 Å². The summed E-state index contributed by atoms with van der Waals surface area (Å²) in [5, 5.41) is 11.5. The van der Waals surface area contributed by atoms with Gasteiger partial charge in [-0.3, -0.25) is 14.4 Å². The Labute approximate surface area is 168 Å². The second kappa shape index (κ2) is 7.38. The van der Waals surface area contributed by atoms with Crippen molar-refractivity contribution >= 4 is 27.6 Å². The number of Topliss-reactive ketones (excluding diaryl/α,β-unsaturated/α-hetero) is 1. The molecule has 2 saturated heterocycles. The molecule has 0 aromatic carbocycles. The van der Waals surface area contributed by atoms with Gasteiger partial charge in [0.05, 0.1) is 12.6 Å². The Hall–Kier alpha value is -2.53.